The summed E-state index contributed by atoms with van der Waals surface area (Å²) in [5.74, 6) is -0.289. The van der Waals surface area contributed by atoms with Crippen LogP contribution in [0.1, 0.15) is 0 Å². The molecule has 2 radical (unpaired) electrons. The van der Waals surface area contributed by atoms with E-state index in [2.05, 4.69) is 18.5 Å². The van der Waals surface area contributed by atoms with Crippen molar-refractivity contribution in [1.82, 2.24) is 14.4 Å². The van der Waals surface area contributed by atoms with Gasteiger partial charge in [-0.1, -0.05) is 0 Å². The summed E-state index contributed by atoms with van der Waals surface area (Å²) < 4.78 is 3.07. The van der Waals surface area contributed by atoms with Gasteiger partial charge in [0.2, 0.25) is 0 Å². The van der Waals surface area contributed by atoms with Crippen LogP contribution in [0.15, 0.2) is 10.9 Å². The zero-order chi connectivity index (χ0) is 12.0. The van der Waals surface area contributed by atoms with Crippen LogP contribution < -0.4 is 5.56 Å². The third-order valence-electron chi connectivity index (χ3n) is 1.80. The number of aromatic nitrogens is 2. The average molecular weight is 767 g/mol. The maximum atomic E-state index is 10.6. The van der Waals surface area contributed by atoms with Crippen molar-refractivity contribution >= 4 is 5.91 Å². The van der Waals surface area contributed by atoms with E-state index in [-0.39, 0.29) is 51.4 Å². The minimum Gasteiger partial charge on any atom is -0.571 e. The number of hydrogen-bond acceptors (Lipinski definition) is 2. The molecule has 0 aliphatic carbocycles. The third-order valence-corrected chi connectivity index (χ3v) is 1.80. The van der Waals surface area contributed by atoms with Crippen molar-refractivity contribution in [2.24, 2.45) is 14.1 Å². The van der Waals surface area contributed by atoms with Crippen LogP contribution in [0.3, 0.4) is 0 Å². The maximum absolute atomic E-state index is 10.6. The van der Waals surface area contributed by atoms with Crippen molar-refractivity contribution in [3.8, 4) is 0 Å². The van der Waals surface area contributed by atoms with Crippen LogP contribution in [0.25, 0.3) is 5.43 Å². The van der Waals surface area contributed by atoms with Crippen molar-refractivity contribution in [2.75, 3.05) is 14.1 Å². The molecule has 0 saturated carbocycles. The smallest absolute Gasteiger partial charge is 0.106 e. The zero-order valence-electron chi connectivity index (χ0n) is 10.8. The van der Waals surface area contributed by atoms with E-state index >= 15 is 0 Å². The van der Waals surface area contributed by atoms with E-state index in [9.17, 15) is 9.59 Å². The van der Waals surface area contributed by atoms with Crippen molar-refractivity contribution in [3.63, 3.8) is 0 Å². The van der Waals surface area contributed by atoms with E-state index in [0.29, 0.717) is 0 Å². The standard InChI is InChI=1S/C5H7N2O.C4H8N2O.Re.Rf.Rh/c1-6-4-3-5(8)7(6)2;1-4(7)6(3)5-2;;;/h3H,1-2H3;1H2,2-3H3;;;/q-1;-2;;;. The zero-order valence-corrected chi connectivity index (χ0v) is 21.6. The molecule has 1 aromatic rings. The van der Waals surface area contributed by atoms with Gasteiger partial charge >= 0.3 is 0 Å². The molecule has 0 atom stereocenters. The van der Waals surface area contributed by atoms with E-state index in [1.165, 1.54) is 22.8 Å². The molecule has 0 saturated heterocycles. The van der Waals surface area contributed by atoms with Crippen LogP contribution in [0.2, 0.25) is 0 Å². The summed E-state index contributed by atoms with van der Waals surface area (Å²) in [6.45, 7) is 3.10. The fourth-order valence-electron chi connectivity index (χ4n) is 0.588. The maximum Gasteiger partial charge on any atom is 0.106 e. The quantitative estimate of drug-likeness (QED) is 0.225. The fraction of sp³-hybridized carbons (Fsp3) is 0.444. The molecule has 0 aliphatic heterocycles. The first-order chi connectivity index (χ1) is 6.90. The first-order valence-electron chi connectivity index (χ1n) is 4.20. The first-order valence-corrected chi connectivity index (χ1v) is 4.20. The molecule has 6 nitrogen and oxygen atoms in total. The number of carbonyl (C=O) groups excluding carboxylic acids is 1. The Balaban J connectivity index is -0.0000000942. The molecule has 0 unspecified atom stereocenters. The van der Waals surface area contributed by atoms with Crippen molar-refractivity contribution < 1.29 is 44.7 Å². The van der Waals surface area contributed by atoms with Gasteiger partial charge in [0.05, 0.1) is 5.91 Å². The molecule has 0 N–H and O–H groups in total. The Morgan fingerprint density at radius 2 is 1.94 bits per heavy atom. The van der Waals surface area contributed by atoms with Gasteiger partial charge in [0.1, 0.15) is 5.56 Å². The Hall–Kier alpha value is -1.40. The summed E-state index contributed by atoms with van der Waals surface area (Å²) in [7, 11) is 6.54. The predicted molar refractivity (Wildman–Crippen MR) is 56.9 cm³/mol. The predicted octanol–water partition coefficient (Wildman–Crippen LogP) is -0.284. The second kappa shape index (κ2) is 12.1. The van der Waals surface area contributed by atoms with Gasteiger partial charge in [0.15, 0.2) is 0 Å². The van der Waals surface area contributed by atoms with Crippen LogP contribution in [0.5, 0.6) is 0 Å². The monoisotopic (exact) mass is 768 g/mol. The SMILES string of the molecule is Cn1[c-]cc(=O)n1C.[CH2-]C(=O)N(C)[N-]C.[Re].[Rf].[Rh]. The number of amides is 1. The van der Waals surface area contributed by atoms with E-state index in [1.807, 2.05) is 0 Å². The van der Waals surface area contributed by atoms with E-state index in [0.717, 1.165) is 0 Å². The van der Waals surface area contributed by atoms with Crippen LogP contribution in [0.4, 0.5) is 0 Å². The number of rotatable bonds is 1. The van der Waals surface area contributed by atoms with Crippen LogP contribution in [-0.2, 0) is 58.8 Å². The van der Waals surface area contributed by atoms with E-state index < -0.39 is 0 Å². The van der Waals surface area contributed by atoms with Crippen LogP contribution in [-0.4, -0.2) is 34.4 Å². The minimum atomic E-state index is -0.289. The molecule has 1 amide bonds. The molecule has 1 rings (SSSR count). The van der Waals surface area contributed by atoms with Gasteiger partial charge in [-0.05, 0) is 7.05 Å². The van der Waals surface area contributed by atoms with Crippen LogP contribution >= 0.6 is 0 Å². The van der Waals surface area contributed by atoms with E-state index in [1.54, 1.807) is 25.8 Å². The molecule has 0 bridgehead atoms. The summed E-state index contributed by atoms with van der Waals surface area (Å²) in [6, 6.07) is 1.40. The topological polar surface area (TPSA) is 61.3 Å². The van der Waals surface area contributed by atoms with Gasteiger partial charge in [-0.15, -0.1) is 13.2 Å². The summed E-state index contributed by atoms with van der Waals surface area (Å²) >= 11 is 0. The van der Waals surface area contributed by atoms with Crippen molar-refractivity contribution in [3.05, 3.63) is 35.0 Å². The Morgan fingerprint density at radius 1 is 1.50 bits per heavy atom. The molecule has 9 heteroatoms. The van der Waals surface area contributed by atoms with Gasteiger partial charge in [-0.3, -0.25) is 0 Å². The minimum absolute atomic E-state index is 0. The molecule has 1 aromatic heterocycles. The summed E-state index contributed by atoms with van der Waals surface area (Å²) in [4.78, 5) is 20.6. The molecule has 18 heavy (non-hydrogen) atoms. The molecule has 104 valence electrons. The average Bonchev–Trinajstić information content (AvgIpc) is 2.49. The van der Waals surface area contributed by atoms with Gasteiger partial charge in [0, 0.05) is 54.0 Å². The van der Waals surface area contributed by atoms with Gasteiger partial charge < -0.3 is 36.3 Å². The second-order valence-corrected chi connectivity index (χ2v) is 2.78. The number of carbonyl (C=O) groups is 1. The van der Waals surface area contributed by atoms with Gasteiger partial charge in [0.25, 0.3) is 0 Å². The molecule has 1 heterocycles. The van der Waals surface area contributed by atoms with Crippen LogP contribution in [0, 0.1) is 13.1 Å². The molecular formula is C9H15N4O2ReRfRh-3. The third kappa shape index (κ3) is 8.71. The molecule has 0 aromatic carbocycles. The first kappa shape index (κ1) is 25.4. The molecule has 0 aliphatic rings. The number of aryl methyl sites for hydroxylation is 1. The van der Waals surface area contributed by atoms with E-state index in [4.69, 9.17) is 0 Å². The largest absolute Gasteiger partial charge is 0.571 e. The fourth-order valence-corrected chi connectivity index (χ4v) is 0.588. The molecule has 0 spiro atoms. The summed E-state index contributed by atoms with van der Waals surface area (Å²) in [5.41, 5.74) is 3.49. The molecule has 0 fully saturated rings. The number of nitrogens with zero attached hydrogens (tertiary/aromatic N) is 4. The summed E-state index contributed by atoms with van der Waals surface area (Å²) in [5, 5.41) is 1.17. The Labute approximate surface area is 128 Å². The second-order valence-electron chi connectivity index (χ2n) is 2.78. The Bertz CT molecular complexity index is 383. The normalized spacial score (nSPS) is 7.56. The van der Waals surface area contributed by atoms with Crippen molar-refractivity contribution in [1.29, 1.82) is 0 Å². The summed E-state index contributed by atoms with van der Waals surface area (Å²) in [6.07, 6.45) is 2.70. The molecular weight excluding hydrogens is 752 g/mol. The Kier molecular flexibility index (Phi) is 17.1. The van der Waals surface area contributed by atoms with Crippen molar-refractivity contribution in [2.45, 2.75) is 0 Å². The number of hydrogen-bond donors (Lipinski definition) is 0. The van der Waals surface area contributed by atoms with Gasteiger partial charge in [-0.25, -0.2) is 0 Å². The van der Waals surface area contributed by atoms with Gasteiger partial charge in [-0.2, -0.15) is 6.07 Å². The Morgan fingerprint density at radius 3 is 2.00 bits per heavy atom.